The van der Waals surface area contributed by atoms with Crippen LogP contribution in [0.25, 0.3) is 5.57 Å². The molecule has 1 aromatic rings. The zero-order valence-electron chi connectivity index (χ0n) is 14.5. The zero-order valence-corrected chi connectivity index (χ0v) is 14.5. The van der Waals surface area contributed by atoms with E-state index in [1.165, 1.54) is 0 Å². The third-order valence-electron chi connectivity index (χ3n) is 3.47. The summed E-state index contributed by atoms with van der Waals surface area (Å²) in [7, 11) is 0. The summed E-state index contributed by atoms with van der Waals surface area (Å²) in [5, 5.41) is 3.30. The van der Waals surface area contributed by atoms with Gasteiger partial charge in [0.25, 0.3) is 0 Å². The Morgan fingerprint density at radius 3 is 2.52 bits per heavy atom. The van der Waals surface area contributed by atoms with Crippen LogP contribution in [0.15, 0.2) is 61.3 Å². The van der Waals surface area contributed by atoms with Crippen LogP contribution in [0.1, 0.15) is 37.9 Å². The van der Waals surface area contributed by atoms with Crippen LogP contribution in [0.5, 0.6) is 0 Å². The summed E-state index contributed by atoms with van der Waals surface area (Å²) in [4.78, 5) is 9.07. The first kappa shape index (κ1) is 18.6. The van der Waals surface area contributed by atoms with Crippen molar-refractivity contribution in [1.82, 2.24) is 4.98 Å². The van der Waals surface area contributed by atoms with Gasteiger partial charge in [0.05, 0.1) is 18.4 Å². The molecule has 0 saturated heterocycles. The van der Waals surface area contributed by atoms with Crippen molar-refractivity contribution < 1.29 is 0 Å². The summed E-state index contributed by atoms with van der Waals surface area (Å²) in [6, 6.07) is 2.05. The molecule has 0 amide bonds. The Morgan fingerprint density at radius 2 is 2.00 bits per heavy atom. The molecule has 1 rings (SSSR count). The molecule has 3 nitrogen and oxygen atoms in total. The number of hydrogen-bond donors (Lipinski definition) is 1. The van der Waals surface area contributed by atoms with Gasteiger partial charge in [-0.2, -0.15) is 0 Å². The molecular weight excluding hydrogens is 282 g/mol. The van der Waals surface area contributed by atoms with Gasteiger partial charge in [-0.3, -0.25) is 9.98 Å². The van der Waals surface area contributed by atoms with Gasteiger partial charge in [0.1, 0.15) is 0 Å². The van der Waals surface area contributed by atoms with Crippen LogP contribution in [-0.2, 0) is 0 Å². The summed E-state index contributed by atoms with van der Waals surface area (Å²) < 4.78 is 0. The summed E-state index contributed by atoms with van der Waals surface area (Å²) >= 11 is 0. The lowest BCUT2D eigenvalue weighted by Gasteiger charge is -2.17. The average Bonchev–Trinajstić information content (AvgIpc) is 2.52. The van der Waals surface area contributed by atoms with E-state index >= 15 is 0 Å². The van der Waals surface area contributed by atoms with Crippen LogP contribution in [0.3, 0.4) is 0 Å². The molecule has 0 aromatic carbocycles. The SMILES string of the molecule is C=CCNc1cnc(C(C=C)CN=C(C)C)cc1C(=C)C(=C)C. The van der Waals surface area contributed by atoms with Crippen LogP contribution < -0.4 is 5.32 Å². The second-order valence-electron chi connectivity index (χ2n) is 5.71. The Labute approximate surface area is 140 Å². The first-order chi connectivity index (χ1) is 10.9. The van der Waals surface area contributed by atoms with E-state index in [-0.39, 0.29) is 5.92 Å². The van der Waals surface area contributed by atoms with Crippen molar-refractivity contribution in [2.75, 3.05) is 18.4 Å². The van der Waals surface area contributed by atoms with Gasteiger partial charge in [0.15, 0.2) is 0 Å². The molecule has 1 unspecified atom stereocenters. The number of nitrogens with zero attached hydrogens (tertiary/aromatic N) is 2. The quantitative estimate of drug-likeness (QED) is 0.395. The molecule has 1 atom stereocenters. The molecule has 0 bridgehead atoms. The predicted molar refractivity (Wildman–Crippen MR) is 103 cm³/mol. The monoisotopic (exact) mass is 309 g/mol. The summed E-state index contributed by atoms with van der Waals surface area (Å²) in [5.74, 6) is 0.0787. The Kier molecular flexibility index (Phi) is 7.20. The smallest absolute Gasteiger partial charge is 0.0608 e. The van der Waals surface area contributed by atoms with Crippen molar-refractivity contribution in [3.05, 3.63) is 67.6 Å². The van der Waals surface area contributed by atoms with E-state index in [1.807, 2.05) is 39.1 Å². The molecule has 0 aliphatic rings. The molecule has 0 spiro atoms. The molecule has 0 aliphatic heterocycles. The highest BCUT2D eigenvalue weighted by Gasteiger charge is 2.14. The van der Waals surface area contributed by atoms with Crippen LogP contribution in [-0.4, -0.2) is 23.8 Å². The van der Waals surface area contributed by atoms with Gasteiger partial charge in [0.2, 0.25) is 0 Å². The van der Waals surface area contributed by atoms with Crippen molar-refractivity contribution >= 4 is 17.0 Å². The van der Waals surface area contributed by atoms with Gasteiger partial charge in [-0.25, -0.2) is 0 Å². The topological polar surface area (TPSA) is 37.3 Å². The summed E-state index contributed by atoms with van der Waals surface area (Å²) in [6.45, 7) is 23.1. The molecule has 0 saturated carbocycles. The van der Waals surface area contributed by atoms with Crippen molar-refractivity contribution in [1.29, 1.82) is 0 Å². The van der Waals surface area contributed by atoms with Gasteiger partial charge in [-0.1, -0.05) is 30.9 Å². The Morgan fingerprint density at radius 1 is 1.30 bits per heavy atom. The van der Waals surface area contributed by atoms with Crippen LogP contribution in [0.4, 0.5) is 5.69 Å². The van der Waals surface area contributed by atoms with E-state index in [9.17, 15) is 0 Å². The molecule has 1 aromatic heterocycles. The van der Waals surface area contributed by atoms with Crippen LogP contribution in [0, 0.1) is 0 Å². The maximum Gasteiger partial charge on any atom is 0.0608 e. The number of allylic oxidation sites excluding steroid dienone is 2. The second kappa shape index (κ2) is 8.89. The minimum absolute atomic E-state index is 0.0787. The maximum absolute atomic E-state index is 4.58. The second-order valence-corrected chi connectivity index (χ2v) is 5.71. The highest BCUT2D eigenvalue weighted by Crippen LogP contribution is 2.29. The Hall–Kier alpha value is -2.42. The average molecular weight is 309 g/mol. The highest BCUT2D eigenvalue weighted by atomic mass is 14.9. The number of anilines is 1. The largest absolute Gasteiger partial charge is 0.380 e. The standard InChI is InChI=1S/C20H27N3/c1-8-10-21-20-13-23-19(11-18(20)16(7)14(3)4)17(9-2)12-22-15(5)6/h8-9,11,13,17,21H,1-3,7,10,12H2,4-6H3. The molecule has 122 valence electrons. The normalized spacial score (nSPS) is 11.3. The number of pyridine rings is 1. The summed E-state index contributed by atoms with van der Waals surface area (Å²) in [6.07, 6.45) is 5.53. The lowest BCUT2D eigenvalue weighted by molar-refractivity contribution is 0.816. The Balaban J connectivity index is 3.24. The van der Waals surface area contributed by atoms with Crippen molar-refractivity contribution in [3.8, 4) is 0 Å². The van der Waals surface area contributed by atoms with E-state index < -0.39 is 0 Å². The Bertz CT molecular complexity index is 634. The molecule has 0 fully saturated rings. The van der Waals surface area contributed by atoms with Gasteiger partial charge in [0, 0.05) is 29.4 Å². The fraction of sp³-hybridized carbons (Fsp3) is 0.300. The van der Waals surface area contributed by atoms with Crippen molar-refractivity contribution in [2.45, 2.75) is 26.7 Å². The van der Waals surface area contributed by atoms with Crippen molar-refractivity contribution in [3.63, 3.8) is 0 Å². The van der Waals surface area contributed by atoms with E-state index in [2.05, 4.69) is 47.7 Å². The number of nitrogens with one attached hydrogen (secondary N) is 1. The minimum atomic E-state index is 0.0787. The van der Waals surface area contributed by atoms with Gasteiger partial charge >= 0.3 is 0 Å². The summed E-state index contributed by atoms with van der Waals surface area (Å²) in [5.41, 5.74) is 5.76. The molecule has 1 N–H and O–H groups in total. The van der Waals surface area contributed by atoms with Gasteiger partial charge in [-0.05, 0) is 32.4 Å². The van der Waals surface area contributed by atoms with Gasteiger partial charge < -0.3 is 5.32 Å². The third kappa shape index (κ3) is 5.37. The zero-order chi connectivity index (χ0) is 17.4. The molecule has 3 heteroatoms. The first-order valence-corrected chi connectivity index (χ1v) is 7.70. The van der Waals surface area contributed by atoms with E-state index in [0.717, 1.165) is 33.8 Å². The van der Waals surface area contributed by atoms with E-state index in [4.69, 9.17) is 0 Å². The molecular formula is C20H27N3. The lowest BCUT2D eigenvalue weighted by Crippen LogP contribution is -2.08. The third-order valence-corrected chi connectivity index (χ3v) is 3.47. The number of rotatable bonds is 9. The molecule has 0 radical (unpaired) electrons. The van der Waals surface area contributed by atoms with Crippen molar-refractivity contribution in [2.24, 2.45) is 4.99 Å². The predicted octanol–water partition coefficient (Wildman–Crippen LogP) is 5.02. The fourth-order valence-electron chi connectivity index (χ4n) is 2.05. The number of aromatic nitrogens is 1. The van der Waals surface area contributed by atoms with Crippen LogP contribution >= 0.6 is 0 Å². The van der Waals surface area contributed by atoms with Gasteiger partial charge in [-0.15, -0.1) is 13.2 Å². The molecule has 0 aliphatic carbocycles. The van der Waals surface area contributed by atoms with E-state index in [1.54, 1.807) is 0 Å². The lowest BCUT2D eigenvalue weighted by atomic mass is 9.96. The van der Waals surface area contributed by atoms with E-state index in [0.29, 0.717) is 13.1 Å². The fourth-order valence-corrected chi connectivity index (χ4v) is 2.05. The first-order valence-electron chi connectivity index (χ1n) is 7.70. The number of hydrogen-bond acceptors (Lipinski definition) is 3. The maximum atomic E-state index is 4.58. The molecule has 1 heterocycles. The van der Waals surface area contributed by atoms with Crippen LogP contribution in [0.2, 0.25) is 0 Å². The molecule has 23 heavy (non-hydrogen) atoms. The number of aliphatic imine (C=N–C) groups is 1. The highest BCUT2D eigenvalue weighted by molar-refractivity contribution is 5.83. The minimum Gasteiger partial charge on any atom is -0.380 e.